The molecule has 4 N–H and O–H groups in total. The number of nitrogens with one attached hydrogen (secondary N) is 2. The molecule has 0 aliphatic carbocycles. The number of nitrogen functional groups attached to an aromatic ring is 1. The molecule has 3 aromatic rings. The minimum absolute atomic E-state index is 0.0610. The van der Waals surface area contributed by atoms with Crippen molar-refractivity contribution < 1.29 is 0 Å². The summed E-state index contributed by atoms with van der Waals surface area (Å²) in [4.78, 5) is 26.1. The molecule has 9 nitrogen and oxygen atoms in total. The van der Waals surface area contributed by atoms with Gasteiger partial charge in [0.1, 0.15) is 23.3 Å². The predicted molar refractivity (Wildman–Crippen MR) is 117 cm³/mol. The number of nitrogens with zero attached hydrogens (tertiary/aromatic N) is 5. The summed E-state index contributed by atoms with van der Waals surface area (Å²) in [6.07, 6.45) is 0.733. The van der Waals surface area contributed by atoms with Crippen LogP contribution in [0, 0.1) is 18.3 Å². The second-order valence-corrected chi connectivity index (χ2v) is 7.29. The highest BCUT2D eigenvalue weighted by Gasteiger charge is 2.20. The minimum Gasteiger partial charge on any atom is -0.368 e. The number of aromatic nitrogens is 4. The van der Waals surface area contributed by atoms with Crippen molar-refractivity contribution in [2.75, 3.05) is 24.6 Å². The lowest BCUT2D eigenvalue weighted by molar-refractivity contribution is 0.552. The summed E-state index contributed by atoms with van der Waals surface area (Å²) in [5.74, 6) is 0.882. The van der Waals surface area contributed by atoms with Crippen LogP contribution in [0.15, 0.2) is 23.0 Å². The number of benzene rings is 1. The van der Waals surface area contributed by atoms with E-state index in [-0.39, 0.29) is 11.5 Å². The summed E-state index contributed by atoms with van der Waals surface area (Å²) in [6, 6.07) is 6.85. The second kappa shape index (κ2) is 9.07. The SMILES string of the molecule is CNCCCn1c(C(C)Nc2nc(N)nc(C)c2C#N)nc2cccc(Cl)c2c1=O. The number of fused-ring (bicyclic) bond motifs is 1. The number of nitrogens with two attached hydrogens (primary N) is 1. The molecule has 0 radical (unpaired) electrons. The van der Waals surface area contributed by atoms with E-state index in [1.54, 1.807) is 29.7 Å². The Morgan fingerprint density at radius 2 is 2.10 bits per heavy atom. The quantitative estimate of drug-likeness (QED) is 0.490. The highest BCUT2D eigenvalue weighted by Crippen LogP contribution is 2.24. The molecule has 0 spiro atoms. The van der Waals surface area contributed by atoms with Gasteiger partial charge < -0.3 is 16.4 Å². The smallest absolute Gasteiger partial charge is 0.262 e. The Balaban J connectivity index is 2.11. The van der Waals surface area contributed by atoms with Crippen LogP contribution in [0.2, 0.25) is 5.02 Å². The average molecular weight is 427 g/mol. The van der Waals surface area contributed by atoms with Gasteiger partial charge in [-0.15, -0.1) is 0 Å². The highest BCUT2D eigenvalue weighted by molar-refractivity contribution is 6.35. The van der Waals surface area contributed by atoms with E-state index in [0.29, 0.717) is 45.4 Å². The van der Waals surface area contributed by atoms with Crippen molar-refractivity contribution in [1.82, 2.24) is 24.8 Å². The van der Waals surface area contributed by atoms with Crippen LogP contribution in [0.4, 0.5) is 11.8 Å². The Morgan fingerprint density at radius 1 is 1.33 bits per heavy atom. The summed E-state index contributed by atoms with van der Waals surface area (Å²) in [7, 11) is 1.86. The molecule has 10 heteroatoms. The molecule has 1 aromatic carbocycles. The van der Waals surface area contributed by atoms with Gasteiger partial charge in [-0.3, -0.25) is 9.36 Å². The van der Waals surface area contributed by atoms with Crippen molar-refractivity contribution in [3.05, 3.63) is 50.7 Å². The molecule has 3 rings (SSSR count). The van der Waals surface area contributed by atoms with Gasteiger partial charge in [0, 0.05) is 6.54 Å². The monoisotopic (exact) mass is 426 g/mol. The van der Waals surface area contributed by atoms with Crippen molar-refractivity contribution in [2.45, 2.75) is 32.9 Å². The highest BCUT2D eigenvalue weighted by atomic mass is 35.5. The number of aryl methyl sites for hydroxylation is 1. The fraction of sp³-hybridized carbons (Fsp3) is 0.350. The van der Waals surface area contributed by atoms with Crippen molar-refractivity contribution in [3.8, 4) is 6.07 Å². The van der Waals surface area contributed by atoms with Gasteiger partial charge in [0.2, 0.25) is 5.95 Å². The first-order chi connectivity index (χ1) is 14.4. The lowest BCUT2D eigenvalue weighted by Crippen LogP contribution is -2.30. The molecule has 0 aliphatic heterocycles. The van der Waals surface area contributed by atoms with Crippen molar-refractivity contribution in [2.24, 2.45) is 0 Å². The number of anilines is 2. The van der Waals surface area contributed by atoms with Crippen molar-refractivity contribution in [3.63, 3.8) is 0 Å². The van der Waals surface area contributed by atoms with Gasteiger partial charge in [0.05, 0.1) is 27.7 Å². The summed E-state index contributed by atoms with van der Waals surface area (Å²) in [6.45, 7) is 4.75. The third kappa shape index (κ3) is 4.20. The normalized spacial score (nSPS) is 12.0. The molecule has 30 heavy (non-hydrogen) atoms. The number of rotatable bonds is 7. The van der Waals surface area contributed by atoms with Crippen LogP contribution in [-0.2, 0) is 6.54 Å². The van der Waals surface area contributed by atoms with Crippen LogP contribution in [0.3, 0.4) is 0 Å². The Labute approximate surface area is 178 Å². The van der Waals surface area contributed by atoms with Gasteiger partial charge in [-0.2, -0.15) is 10.2 Å². The Hall–Kier alpha value is -3.22. The van der Waals surface area contributed by atoms with Crippen molar-refractivity contribution in [1.29, 1.82) is 5.26 Å². The van der Waals surface area contributed by atoms with E-state index in [1.165, 1.54) is 0 Å². The molecule has 2 heterocycles. The van der Waals surface area contributed by atoms with Crippen LogP contribution in [0.25, 0.3) is 10.9 Å². The molecule has 1 unspecified atom stereocenters. The van der Waals surface area contributed by atoms with Gasteiger partial charge in [0.15, 0.2) is 0 Å². The molecule has 0 aliphatic rings. The van der Waals surface area contributed by atoms with E-state index >= 15 is 0 Å². The lowest BCUT2D eigenvalue weighted by atomic mass is 10.2. The van der Waals surface area contributed by atoms with Crippen LogP contribution in [0.5, 0.6) is 0 Å². The van der Waals surface area contributed by atoms with E-state index in [2.05, 4.69) is 26.7 Å². The molecular formula is C20H23ClN8O. The number of hydrogen-bond acceptors (Lipinski definition) is 8. The standard InChI is InChI=1S/C20H23ClN8O/c1-11-13(10-22)17(28-20(23)26-11)25-12(2)18-27-15-7-4-6-14(21)16(15)19(30)29(18)9-5-8-24-3/h4,6-7,12,24H,5,8-9H2,1-3H3,(H3,23,25,26,28). The van der Waals surface area contributed by atoms with E-state index in [1.807, 2.05) is 14.0 Å². The van der Waals surface area contributed by atoms with Gasteiger partial charge in [-0.25, -0.2) is 9.97 Å². The largest absolute Gasteiger partial charge is 0.368 e. The fourth-order valence-electron chi connectivity index (χ4n) is 3.30. The lowest BCUT2D eigenvalue weighted by Gasteiger charge is -2.21. The molecule has 0 amide bonds. The van der Waals surface area contributed by atoms with Gasteiger partial charge in [0.25, 0.3) is 5.56 Å². The zero-order valence-corrected chi connectivity index (χ0v) is 17.8. The predicted octanol–water partition coefficient (Wildman–Crippen LogP) is 2.38. The molecule has 156 valence electrons. The fourth-order valence-corrected chi connectivity index (χ4v) is 3.55. The summed E-state index contributed by atoms with van der Waals surface area (Å²) in [5, 5.41) is 16.5. The molecular weight excluding hydrogens is 404 g/mol. The molecule has 1 atom stereocenters. The Bertz CT molecular complexity index is 1180. The van der Waals surface area contributed by atoms with Crippen molar-refractivity contribution >= 4 is 34.3 Å². The molecule has 2 aromatic heterocycles. The Morgan fingerprint density at radius 3 is 2.80 bits per heavy atom. The maximum absolute atomic E-state index is 13.2. The van der Waals surface area contributed by atoms with Crippen LogP contribution in [-0.4, -0.2) is 33.1 Å². The van der Waals surface area contributed by atoms with E-state index in [0.717, 1.165) is 13.0 Å². The zero-order valence-electron chi connectivity index (χ0n) is 17.0. The van der Waals surface area contributed by atoms with Gasteiger partial charge in [-0.05, 0) is 46.0 Å². The van der Waals surface area contributed by atoms with Crippen LogP contribution in [0.1, 0.15) is 36.5 Å². The maximum Gasteiger partial charge on any atom is 0.262 e. The minimum atomic E-state index is -0.434. The van der Waals surface area contributed by atoms with Gasteiger partial charge in [-0.1, -0.05) is 17.7 Å². The van der Waals surface area contributed by atoms with Crippen LogP contribution < -0.4 is 21.9 Å². The molecule has 0 fully saturated rings. The Kier molecular flexibility index (Phi) is 6.50. The first-order valence-corrected chi connectivity index (χ1v) is 9.89. The van der Waals surface area contributed by atoms with Crippen LogP contribution >= 0.6 is 11.6 Å². The third-order valence-corrected chi connectivity index (χ3v) is 5.05. The summed E-state index contributed by atoms with van der Waals surface area (Å²) >= 11 is 6.28. The number of halogens is 1. The first-order valence-electron chi connectivity index (χ1n) is 9.51. The maximum atomic E-state index is 13.2. The van der Waals surface area contributed by atoms with E-state index < -0.39 is 6.04 Å². The second-order valence-electron chi connectivity index (χ2n) is 6.89. The third-order valence-electron chi connectivity index (χ3n) is 4.73. The van der Waals surface area contributed by atoms with E-state index in [9.17, 15) is 10.1 Å². The van der Waals surface area contributed by atoms with Gasteiger partial charge >= 0.3 is 0 Å². The first kappa shape index (κ1) is 21.5. The average Bonchev–Trinajstić information content (AvgIpc) is 2.69. The summed E-state index contributed by atoms with van der Waals surface area (Å²) in [5.41, 5.74) is 6.84. The zero-order chi connectivity index (χ0) is 21.8. The molecule has 0 bridgehead atoms. The van der Waals surface area contributed by atoms with E-state index in [4.69, 9.17) is 22.3 Å². The summed E-state index contributed by atoms with van der Waals surface area (Å²) < 4.78 is 1.62. The number of nitriles is 1. The number of hydrogen-bond donors (Lipinski definition) is 3. The topological polar surface area (TPSA) is 135 Å². The molecule has 0 saturated carbocycles. The molecule has 0 saturated heterocycles.